The van der Waals surface area contributed by atoms with E-state index >= 15 is 0 Å². The molecule has 2 aliphatic heterocycles. The summed E-state index contributed by atoms with van der Waals surface area (Å²) in [6, 6.07) is 11.7. The molecule has 2 saturated heterocycles. The maximum absolute atomic E-state index is 13.7. The summed E-state index contributed by atoms with van der Waals surface area (Å²) in [7, 11) is 1.44. The molecule has 0 saturated carbocycles. The largest absolute Gasteiger partial charge is 0.494 e. The van der Waals surface area contributed by atoms with E-state index in [4.69, 9.17) is 30.1 Å². The average Bonchev–Trinajstić information content (AvgIpc) is 4.01. The number of aliphatic hydroxyl groups is 1. The second-order valence-electron chi connectivity index (χ2n) is 15.1. The summed E-state index contributed by atoms with van der Waals surface area (Å²) >= 11 is 0. The van der Waals surface area contributed by atoms with Crippen LogP contribution in [0.15, 0.2) is 54.6 Å². The van der Waals surface area contributed by atoms with Crippen molar-refractivity contribution in [3.63, 3.8) is 0 Å². The Morgan fingerprint density at radius 3 is 2.36 bits per heavy atom. The van der Waals surface area contributed by atoms with Crippen LogP contribution >= 0.6 is 0 Å². The third kappa shape index (κ3) is 12.6. The lowest BCUT2D eigenvalue weighted by Crippen LogP contribution is -2.55. The summed E-state index contributed by atoms with van der Waals surface area (Å²) in [6.45, 7) is 8.46. The normalized spacial score (nSPS) is 15.8. The molecule has 0 radical (unpaired) electrons. The first kappa shape index (κ1) is 47.4. The predicted molar refractivity (Wildman–Crippen MR) is 235 cm³/mol. The Labute approximate surface area is 372 Å². The molecule has 4 aromatic rings. The van der Waals surface area contributed by atoms with E-state index in [-0.39, 0.29) is 42.2 Å². The number of aliphatic hydroxyl groups excluding tert-OH is 1. The van der Waals surface area contributed by atoms with Crippen molar-refractivity contribution in [1.29, 1.82) is 5.26 Å². The predicted octanol–water partition coefficient (Wildman–Crippen LogP) is 1.73. The lowest BCUT2D eigenvalue weighted by atomic mass is 9.93. The van der Waals surface area contributed by atoms with E-state index in [1.807, 2.05) is 30.3 Å². The quantitative estimate of drug-likeness (QED) is 0.0300. The van der Waals surface area contributed by atoms with Crippen LogP contribution in [-0.2, 0) is 23.7 Å². The van der Waals surface area contributed by atoms with Crippen molar-refractivity contribution in [2.45, 2.75) is 25.3 Å². The van der Waals surface area contributed by atoms with Crippen LogP contribution in [0.3, 0.4) is 0 Å². The molecule has 2 amide bonds. The number of carbonyl (C=O) groups excluding carboxylic acids is 3. The smallest absolute Gasteiger partial charge is 0.295 e. The molecule has 6 rings (SSSR count). The van der Waals surface area contributed by atoms with Crippen molar-refractivity contribution >= 4 is 34.1 Å². The third-order valence-electron chi connectivity index (χ3n) is 11.1. The molecule has 0 spiro atoms. The topological polar surface area (TPSA) is 223 Å². The fraction of sp³-hybridized carbons (Fsp3) is 0.489. The molecule has 19 nitrogen and oxygen atoms in total. The van der Waals surface area contributed by atoms with E-state index in [1.165, 1.54) is 35.4 Å². The SMILES string of the molecule is C#CCOCCOCCOCCOCCN1CCN(CCCNC(=O)c2ncn(-c3ncc(OC)c4c(C(=O)C(=O)N5CCC(=C(C#N)c6ccccc6)CC5)c[nH]c34)n2)C(CO)C1. The summed E-state index contributed by atoms with van der Waals surface area (Å²) in [5.41, 5.74) is 2.86. The second kappa shape index (κ2) is 24.7. The molecule has 2 aliphatic rings. The molecule has 1 unspecified atom stereocenters. The zero-order valence-corrected chi connectivity index (χ0v) is 36.2. The number of terminal acetylenes is 1. The number of nitrogens with zero attached hydrogens (tertiary/aromatic N) is 8. The molecule has 19 heteroatoms. The monoisotopic (exact) mass is 880 g/mol. The maximum Gasteiger partial charge on any atom is 0.295 e. The van der Waals surface area contributed by atoms with Gasteiger partial charge in [-0.3, -0.25) is 24.2 Å². The summed E-state index contributed by atoms with van der Waals surface area (Å²) in [5, 5.41) is 27.6. The van der Waals surface area contributed by atoms with Gasteiger partial charge in [0.25, 0.3) is 17.6 Å². The number of aromatic amines is 1. The number of rotatable bonds is 24. The van der Waals surface area contributed by atoms with E-state index in [2.05, 4.69) is 47.2 Å². The van der Waals surface area contributed by atoms with Gasteiger partial charge in [0.15, 0.2) is 5.82 Å². The van der Waals surface area contributed by atoms with Gasteiger partial charge in [-0.25, -0.2) is 9.97 Å². The molecular formula is C45H56N10O9. The minimum Gasteiger partial charge on any atom is -0.494 e. The number of pyridine rings is 1. The molecule has 64 heavy (non-hydrogen) atoms. The number of nitriles is 1. The molecule has 0 bridgehead atoms. The fourth-order valence-electron chi connectivity index (χ4n) is 7.70. The number of methoxy groups -OCH3 is 1. The van der Waals surface area contributed by atoms with Crippen molar-refractivity contribution in [3.8, 4) is 30.0 Å². The van der Waals surface area contributed by atoms with Crippen LogP contribution in [0.5, 0.6) is 5.75 Å². The minimum atomic E-state index is -0.718. The Kier molecular flexibility index (Phi) is 18.3. The number of nitrogens with one attached hydrogen (secondary N) is 2. The number of hydrogen-bond acceptors (Lipinski definition) is 15. The van der Waals surface area contributed by atoms with E-state index in [1.54, 1.807) is 0 Å². The van der Waals surface area contributed by atoms with Gasteiger partial charge in [-0.1, -0.05) is 36.3 Å². The van der Waals surface area contributed by atoms with Gasteiger partial charge in [0.05, 0.1) is 94.3 Å². The second-order valence-corrected chi connectivity index (χ2v) is 15.1. The fourth-order valence-corrected chi connectivity index (χ4v) is 7.70. The van der Waals surface area contributed by atoms with Crippen molar-refractivity contribution in [3.05, 3.63) is 71.6 Å². The highest BCUT2D eigenvalue weighted by atomic mass is 16.6. The van der Waals surface area contributed by atoms with Gasteiger partial charge in [0, 0.05) is 64.6 Å². The van der Waals surface area contributed by atoms with Gasteiger partial charge in [0.1, 0.15) is 18.7 Å². The van der Waals surface area contributed by atoms with E-state index in [9.17, 15) is 24.8 Å². The number of piperazine rings is 1. The molecule has 3 aromatic heterocycles. The summed E-state index contributed by atoms with van der Waals surface area (Å²) in [6.07, 6.45) is 11.0. The van der Waals surface area contributed by atoms with Gasteiger partial charge in [-0.2, -0.15) is 9.94 Å². The molecule has 1 aromatic carbocycles. The number of Topliss-reactive ketones (excluding diaryl/α,β-unsaturated/α-hetero) is 1. The number of aromatic nitrogens is 5. The Morgan fingerprint density at radius 1 is 0.953 bits per heavy atom. The van der Waals surface area contributed by atoms with Crippen molar-refractivity contribution < 1.29 is 43.2 Å². The van der Waals surface area contributed by atoms with Crippen LogP contribution in [0.1, 0.15) is 45.8 Å². The highest BCUT2D eigenvalue weighted by Crippen LogP contribution is 2.33. The molecule has 3 N–H and O–H groups in total. The van der Waals surface area contributed by atoms with Crippen LogP contribution < -0.4 is 10.1 Å². The van der Waals surface area contributed by atoms with Crippen LogP contribution in [0.4, 0.5) is 0 Å². The first-order valence-electron chi connectivity index (χ1n) is 21.4. The van der Waals surface area contributed by atoms with Crippen LogP contribution in [0.2, 0.25) is 0 Å². The molecule has 0 aliphatic carbocycles. The van der Waals surface area contributed by atoms with Crippen LogP contribution in [-0.4, -0.2) is 187 Å². The standard InChI is InChI=1S/C45H56N10O9/c1-3-19-61-21-23-63-25-26-64-24-22-62-20-18-52-16-17-53(35(30-52)31-56)13-7-12-47-44(58)42-50-32-55(51-42)43-40-39(38(60-2)29-49-43)37(28-48-40)41(57)45(59)54-14-10-34(11-15-54)36(27-46)33-8-5-4-6-9-33/h1,4-6,8-9,28-29,32,35,48,56H,7,10-26,30-31H2,2H3,(H,47,58). The number of hydrogen-bond donors (Lipinski definition) is 3. The Bertz CT molecular complexity index is 2270. The molecule has 5 heterocycles. The Hall–Kier alpha value is -6.03. The third-order valence-corrected chi connectivity index (χ3v) is 11.1. The average molecular weight is 881 g/mol. The number of likely N-dealkylation sites (tertiary alicyclic amines) is 1. The number of ether oxygens (including phenoxy) is 5. The lowest BCUT2D eigenvalue weighted by Gasteiger charge is -2.40. The highest BCUT2D eigenvalue weighted by Gasteiger charge is 2.31. The van der Waals surface area contributed by atoms with Crippen LogP contribution in [0.25, 0.3) is 22.3 Å². The van der Waals surface area contributed by atoms with E-state index in [0.717, 1.165) is 30.8 Å². The number of carbonyl (C=O) groups is 3. The number of benzene rings is 1. The van der Waals surface area contributed by atoms with Crippen molar-refractivity contribution in [2.75, 3.05) is 119 Å². The number of amides is 2. The Balaban J connectivity index is 0.935. The van der Waals surface area contributed by atoms with E-state index in [0.29, 0.717) is 115 Å². The van der Waals surface area contributed by atoms with E-state index < -0.39 is 17.6 Å². The van der Waals surface area contributed by atoms with Gasteiger partial charge >= 0.3 is 0 Å². The van der Waals surface area contributed by atoms with Crippen molar-refractivity contribution in [2.24, 2.45) is 0 Å². The highest BCUT2D eigenvalue weighted by molar-refractivity contribution is 6.45. The number of allylic oxidation sites excluding steroid dienone is 1. The van der Waals surface area contributed by atoms with Gasteiger partial charge in [0.2, 0.25) is 5.82 Å². The summed E-state index contributed by atoms with van der Waals surface area (Å²) < 4.78 is 28.7. The number of ketones is 1. The lowest BCUT2D eigenvalue weighted by molar-refractivity contribution is -0.126. The zero-order chi connectivity index (χ0) is 45.1. The van der Waals surface area contributed by atoms with Crippen molar-refractivity contribution in [1.82, 2.24) is 44.7 Å². The van der Waals surface area contributed by atoms with Gasteiger partial charge in [-0.05, 0) is 30.4 Å². The minimum absolute atomic E-state index is 0.0218. The first-order chi connectivity index (χ1) is 31.4. The number of fused-ring (bicyclic) bond motifs is 1. The van der Waals surface area contributed by atoms with Gasteiger partial charge in [-0.15, -0.1) is 11.5 Å². The van der Waals surface area contributed by atoms with Gasteiger partial charge < -0.3 is 44.0 Å². The number of H-pyrrole nitrogens is 1. The first-order valence-corrected chi connectivity index (χ1v) is 21.4. The summed E-state index contributed by atoms with van der Waals surface area (Å²) in [4.78, 5) is 58.2. The number of piperidine rings is 1. The van der Waals surface area contributed by atoms with Crippen LogP contribution in [0, 0.1) is 23.7 Å². The summed E-state index contributed by atoms with van der Waals surface area (Å²) in [5.74, 6) is 1.01. The maximum atomic E-state index is 13.7. The molecular weight excluding hydrogens is 825 g/mol. The zero-order valence-electron chi connectivity index (χ0n) is 36.2. The Morgan fingerprint density at radius 2 is 1.67 bits per heavy atom. The molecule has 340 valence electrons. The molecule has 1 atom stereocenters. The molecule has 2 fully saturated rings.